The summed E-state index contributed by atoms with van der Waals surface area (Å²) >= 11 is 3.60. The molecule has 0 bridgehead atoms. The van der Waals surface area contributed by atoms with Crippen molar-refractivity contribution in [1.82, 2.24) is 0 Å². The number of halogens is 1. The van der Waals surface area contributed by atoms with E-state index in [-0.39, 0.29) is 5.97 Å². The zero-order valence-corrected chi connectivity index (χ0v) is 10.1. The van der Waals surface area contributed by atoms with Gasteiger partial charge >= 0.3 is 5.97 Å². The first-order valence-electron chi connectivity index (χ1n) is 5.21. The molecular formula is C11H17BrO2. The van der Waals surface area contributed by atoms with Gasteiger partial charge in [-0.1, -0.05) is 22.0 Å². The lowest BCUT2D eigenvalue weighted by atomic mass is 9.89. The van der Waals surface area contributed by atoms with Crippen molar-refractivity contribution in [2.24, 2.45) is 5.92 Å². The summed E-state index contributed by atoms with van der Waals surface area (Å²) in [5.41, 5.74) is 0. The Kier molecular flexibility index (Phi) is 5.23. The fourth-order valence-corrected chi connectivity index (χ4v) is 2.20. The van der Waals surface area contributed by atoms with E-state index in [0.717, 1.165) is 0 Å². The molecule has 3 heteroatoms. The summed E-state index contributed by atoms with van der Waals surface area (Å²) in [5.74, 6) is 0.349. The first kappa shape index (κ1) is 11.8. The molecule has 0 radical (unpaired) electrons. The smallest absolute Gasteiger partial charge is 0.330 e. The predicted octanol–water partition coefficient (Wildman–Crippen LogP) is 3.06. The van der Waals surface area contributed by atoms with Crippen LogP contribution in [-0.4, -0.2) is 17.4 Å². The number of ether oxygens (including phenoxy) is 1. The van der Waals surface area contributed by atoms with Gasteiger partial charge in [0.25, 0.3) is 0 Å². The highest BCUT2D eigenvalue weighted by molar-refractivity contribution is 9.09. The van der Waals surface area contributed by atoms with Crippen LogP contribution in [0.15, 0.2) is 12.2 Å². The van der Waals surface area contributed by atoms with Crippen molar-refractivity contribution in [1.29, 1.82) is 0 Å². The average Bonchev–Trinajstić information content (AvgIpc) is 2.17. The lowest BCUT2D eigenvalue weighted by molar-refractivity contribution is -0.137. The highest BCUT2D eigenvalue weighted by Gasteiger charge is 2.16. The topological polar surface area (TPSA) is 26.3 Å². The van der Waals surface area contributed by atoms with Crippen LogP contribution in [0.25, 0.3) is 0 Å². The van der Waals surface area contributed by atoms with Gasteiger partial charge in [-0.15, -0.1) is 0 Å². The Labute approximate surface area is 93.8 Å². The standard InChI is InChI=1S/C11H17BrO2/c1-2-14-11(13)8-5-9-3-6-10(12)7-4-9/h5,8-10H,2-4,6-7H2,1H3/b8-5+. The van der Waals surface area contributed by atoms with Gasteiger partial charge < -0.3 is 4.74 Å². The number of carbonyl (C=O) groups is 1. The fourth-order valence-electron chi connectivity index (χ4n) is 1.68. The molecule has 0 spiro atoms. The molecule has 14 heavy (non-hydrogen) atoms. The summed E-state index contributed by atoms with van der Waals surface area (Å²) in [4.78, 5) is 11.7. The van der Waals surface area contributed by atoms with Crippen molar-refractivity contribution in [3.8, 4) is 0 Å². The Hall–Kier alpha value is -0.310. The van der Waals surface area contributed by atoms with Crippen LogP contribution in [0, 0.1) is 5.92 Å². The van der Waals surface area contributed by atoms with Crippen LogP contribution >= 0.6 is 15.9 Å². The molecule has 0 saturated heterocycles. The molecule has 0 heterocycles. The maximum absolute atomic E-state index is 11.0. The second-order valence-corrected chi connectivity index (χ2v) is 4.92. The Morgan fingerprint density at radius 2 is 2.07 bits per heavy atom. The lowest BCUT2D eigenvalue weighted by Gasteiger charge is -2.22. The van der Waals surface area contributed by atoms with Gasteiger partial charge in [0, 0.05) is 10.9 Å². The minimum absolute atomic E-state index is 0.214. The number of hydrogen-bond acceptors (Lipinski definition) is 2. The minimum Gasteiger partial charge on any atom is -0.463 e. The number of rotatable bonds is 3. The first-order chi connectivity index (χ1) is 6.72. The number of allylic oxidation sites excluding steroid dienone is 1. The molecule has 0 N–H and O–H groups in total. The fraction of sp³-hybridized carbons (Fsp3) is 0.727. The van der Waals surface area contributed by atoms with Gasteiger partial charge in [0.15, 0.2) is 0 Å². The van der Waals surface area contributed by atoms with Crippen molar-refractivity contribution in [2.45, 2.75) is 37.4 Å². The molecule has 0 aromatic carbocycles. The lowest BCUT2D eigenvalue weighted by Crippen LogP contribution is -2.12. The Morgan fingerprint density at radius 1 is 1.43 bits per heavy atom. The zero-order valence-electron chi connectivity index (χ0n) is 8.54. The minimum atomic E-state index is -0.214. The molecule has 1 aliphatic rings. The number of alkyl halides is 1. The van der Waals surface area contributed by atoms with Crippen molar-refractivity contribution in [2.75, 3.05) is 6.61 Å². The van der Waals surface area contributed by atoms with Gasteiger partial charge in [0.1, 0.15) is 0 Å². The molecule has 0 aromatic heterocycles. The molecule has 1 saturated carbocycles. The Bertz CT molecular complexity index is 205. The van der Waals surface area contributed by atoms with E-state index >= 15 is 0 Å². The average molecular weight is 261 g/mol. The van der Waals surface area contributed by atoms with E-state index < -0.39 is 0 Å². The van der Waals surface area contributed by atoms with Crippen LogP contribution in [0.4, 0.5) is 0 Å². The first-order valence-corrected chi connectivity index (χ1v) is 6.13. The maximum Gasteiger partial charge on any atom is 0.330 e. The predicted molar refractivity (Wildman–Crippen MR) is 60.4 cm³/mol. The van der Waals surface area contributed by atoms with Crippen LogP contribution in [0.3, 0.4) is 0 Å². The molecule has 1 rings (SSSR count). The normalized spacial score (nSPS) is 27.9. The van der Waals surface area contributed by atoms with Gasteiger partial charge in [-0.2, -0.15) is 0 Å². The third kappa shape index (κ3) is 4.27. The zero-order chi connectivity index (χ0) is 10.4. The van der Waals surface area contributed by atoms with Crippen LogP contribution in [-0.2, 0) is 9.53 Å². The second-order valence-electron chi connectivity index (χ2n) is 3.62. The Morgan fingerprint density at radius 3 is 2.64 bits per heavy atom. The SMILES string of the molecule is CCOC(=O)/C=C/C1CCC(Br)CC1. The third-order valence-corrected chi connectivity index (χ3v) is 3.41. The van der Waals surface area contributed by atoms with Crippen molar-refractivity contribution in [3.05, 3.63) is 12.2 Å². The molecule has 0 aliphatic heterocycles. The molecule has 2 nitrogen and oxygen atoms in total. The van der Waals surface area contributed by atoms with Crippen LogP contribution in [0.2, 0.25) is 0 Å². The summed E-state index contributed by atoms with van der Waals surface area (Å²) in [6.07, 6.45) is 8.33. The van der Waals surface area contributed by atoms with Gasteiger partial charge in [-0.25, -0.2) is 4.79 Å². The van der Waals surface area contributed by atoms with Gasteiger partial charge in [-0.05, 0) is 38.5 Å². The molecule has 0 amide bonds. The van der Waals surface area contributed by atoms with E-state index in [1.54, 1.807) is 6.08 Å². The molecule has 0 aromatic rings. The van der Waals surface area contributed by atoms with E-state index in [1.807, 2.05) is 13.0 Å². The van der Waals surface area contributed by atoms with Crippen LogP contribution < -0.4 is 0 Å². The van der Waals surface area contributed by atoms with E-state index in [9.17, 15) is 4.79 Å². The van der Waals surface area contributed by atoms with Crippen molar-refractivity contribution >= 4 is 21.9 Å². The van der Waals surface area contributed by atoms with Gasteiger partial charge in [0.2, 0.25) is 0 Å². The highest BCUT2D eigenvalue weighted by atomic mass is 79.9. The van der Waals surface area contributed by atoms with Gasteiger partial charge in [-0.3, -0.25) is 0 Å². The van der Waals surface area contributed by atoms with Gasteiger partial charge in [0.05, 0.1) is 6.61 Å². The molecule has 0 atom stereocenters. The van der Waals surface area contributed by atoms with E-state index in [0.29, 0.717) is 17.4 Å². The maximum atomic E-state index is 11.0. The highest BCUT2D eigenvalue weighted by Crippen LogP contribution is 2.29. The van der Waals surface area contributed by atoms with E-state index in [4.69, 9.17) is 4.74 Å². The van der Waals surface area contributed by atoms with Crippen LogP contribution in [0.1, 0.15) is 32.6 Å². The summed E-state index contributed by atoms with van der Waals surface area (Å²) in [5, 5.41) is 0. The second kappa shape index (κ2) is 6.23. The van der Waals surface area contributed by atoms with Crippen LogP contribution in [0.5, 0.6) is 0 Å². The summed E-state index contributed by atoms with van der Waals surface area (Å²) in [7, 11) is 0. The van der Waals surface area contributed by atoms with E-state index in [2.05, 4.69) is 15.9 Å². The molecule has 0 unspecified atom stereocenters. The largest absolute Gasteiger partial charge is 0.463 e. The summed E-state index contributed by atoms with van der Waals surface area (Å²) < 4.78 is 4.82. The van der Waals surface area contributed by atoms with E-state index in [1.165, 1.54) is 25.7 Å². The van der Waals surface area contributed by atoms with Crippen molar-refractivity contribution < 1.29 is 9.53 Å². The molecular weight excluding hydrogens is 244 g/mol. The number of carbonyl (C=O) groups excluding carboxylic acids is 1. The summed E-state index contributed by atoms with van der Waals surface area (Å²) in [6, 6.07) is 0. The number of hydrogen-bond donors (Lipinski definition) is 0. The van der Waals surface area contributed by atoms with Crippen molar-refractivity contribution in [3.63, 3.8) is 0 Å². The Balaban J connectivity index is 2.26. The molecule has 1 fully saturated rings. The molecule has 1 aliphatic carbocycles. The number of esters is 1. The molecule has 80 valence electrons. The third-order valence-electron chi connectivity index (χ3n) is 2.49. The quantitative estimate of drug-likeness (QED) is 0.443. The monoisotopic (exact) mass is 260 g/mol. The summed E-state index contributed by atoms with van der Waals surface area (Å²) in [6.45, 7) is 2.28.